The van der Waals surface area contributed by atoms with Crippen LogP contribution >= 0.6 is 0 Å². The van der Waals surface area contributed by atoms with E-state index < -0.39 is 17.4 Å². The van der Waals surface area contributed by atoms with Crippen molar-refractivity contribution in [1.82, 2.24) is 10.2 Å². The number of nitrogens with zero attached hydrogens (tertiary/aromatic N) is 1. The minimum Gasteiger partial charge on any atom is -0.346 e. The summed E-state index contributed by atoms with van der Waals surface area (Å²) in [5.41, 5.74) is 1.56. The first-order valence-corrected chi connectivity index (χ1v) is 8.74. The molecule has 2 N–H and O–H groups in total. The summed E-state index contributed by atoms with van der Waals surface area (Å²) in [6, 6.07) is 13.6. The van der Waals surface area contributed by atoms with Crippen molar-refractivity contribution in [2.45, 2.75) is 38.2 Å². The average molecular weight is 371 g/mol. The molecule has 0 spiro atoms. The molecule has 0 bridgehead atoms. The van der Waals surface area contributed by atoms with Crippen LogP contribution in [0.5, 0.6) is 0 Å². The van der Waals surface area contributed by atoms with Gasteiger partial charge in [0.1, 0.15) is 0 Å². The highest BCUT2D eigenvalue weighted by Gasteiger charge is 2.48. The normalized spacial score (nSPS) is 23.3. The molecule has 3 rings (SSSR count). The fourth-order valence-corrected chi connectivity index (χ4v) is 3.60. The van der Waals surface area contributed by atoms with E-state index in [0.29, 0.717) is 5.56 Å². The van der Waals surface area contributed by atoms with Gasteiger partial charge in [0.05, 0.1) is 11.5 Å². The van der Waals surface area contributed by atoms with Gasteiger partial charge in [0.2, 0.25) is 5.91 Å². The van der Waals surface area contributed by atoms with Crippen LogP contribution in [0.15, 0.2) is 48.5 Å². The predicted octanol–water partition coefficient (Wildman–Crippen LogP) is 4.10. The Kier molecular flexibility index (Phi) is 4.54. The monoisotopic (exact) mass is 371 g/mol. The van der Waals surface area contributed by atoms with Gasteiger partial charge >= 0.3 is 0 Å². The summed E-state index contributed by atoms with van der Waals surface area (Å²) in [5.74, 6) is -3.83. The maximum Gasteiger partial charge on any atom is 0.270 e. The molecule has 2 atom stereocenters. The smallest absolute Gasteiger partial charge is 0.270 e. The molecule has 0 unspecified atom stereocenters. The third kappa shape index (κ3) is 3.31. The van der Waals surface area contributed by atoms with E-state index in [9.17, 15) is 13.6 Å². The number of aryl methyl sites for hydroxylation is 1. The van der Waals surface area contributed by atoms with Crippen LogP contribution in [0.4, 0.5) is 8.78 Å². The first kappa shape index (κ1) is 19.0. The van der Waals surface area contributed by atoms with E-state index in [-0.39, 0.29) is 17.4 Å². The van der Waals surface area contributed by atoms with Crippen molar-refractivity contribution in [2.75, 3.05) is 7.05 Å². The molecule has 4 nitrogen and oxygen atoms in total. The summed E-state index contributed by atoms with van der Waals surface area (Å²) >= 11 is 0. The minimum atomic E-state index is -2.94. The summed E-state index contributed by atoms with van der Waals surface area (Å²) < 4.78 is 27.1. The topological polar surface area (TPSA) is 56.2 Å². The molecule has 1 saturated heterocycles. The molecule has 0 aromatic heterocycles. The van der Waals surface area contributed by atoms with Crippen molar-refractivity contribution in [3.63, 3.8) is 0 Å². The van der Waals surface area contributed by atoms with Gasteiger partial charge in [-0.1, -0.05) is 54.1 Å². The lowest BCUT2D eigenvalue weighted by molar-refractivity contribution is -0.131. The number of nitrogens with one attached hydrogen (secondary N) is 2. The molecule has 142 valence electrons. The second-order valence-electron chi connectivity index (χ2n) is 7.39. The van der Waals surface area contributed by atoms with E-state index in [1.54, 1.807) is 12.1 Å². The minimum absolute atomic E-state index is 0.0111. The fourth-order valence-electron chi connectivity index (χ4n) is 3.60. The quantitative estimate of drug-likeness (QED) is 0.853. The lowest BCUT2D eigenvalue weighted by atomic mass is 9.73. The van der Waals surface area contributed by atoms with Crippen LogP contribution in [0.2, 0.25) is 0 Å². The van der Waals surface area contributed by atoms with E-state index in [1.807, 2.05) is 38.1 Å². The molecule has 2 aromatic carbocycles. The summed E-state index contributed by atoms with van der Waals surface area (Å²) in [7, 11) is 1.54. The van der Waals surface area contributed by atoms with Gasteiger partial charge in [0.25, 0.3) is 5.92 Å². The third-order valence-corrected chi connectivity index (χ3v) is 5.24. The van der Waals surface area contributed by atoms with E-state index in [4.69, 9.17) is 5.41 Å². The standard InChI is InChI=1S/C21H23F2N3O/c1-13-6-5-7-16(12-13)20(2)17(18(27)26(4)19(24)25-20)14-8-10-15(11-9-14)21(3,22)23/h5-12,17H,1-4H3,(H2,24,25)/t17-,20-/m1/s1. The molecule has 1 aliphatic rings. The Balaban J connectivity index is 2.13. The maximum atomic E-state index is 13.6. The van der Waals surface area contributed by atoms with Crippen molar-refractivity contribution >= 4 is 11.9 Å². The van der Waals surface area contributed by atoms with Crippen LogP contribution in [0.3, 0.4) is 0 Å². The first-order valence-electron chi connectivity index (χ1n) is 8.74. The molecule has 0 saturated carbocycles. The fraction of sp³-hybridized carbons (Fsp3) is 0.333. The lowest BCUT2D eigenvalue weighted by Crippen LogP contribution is -2.62. The molecule has 1 amide bonds. The molecule has 1 heterocycles. The van der Waals surface area contributed by atoms with Crippen molar-refractivity contribution in [1.29, 1.82) is 5.41 Å². The molecule has 0 radical (unpaired) electrons. The van der Waals surface area contributed by atoms with Crippen LogP contribution < -0.4 is 5.32 Å². The van der Waals surface area contributed by atoms with Gasteiger partial charge in [-0.3, -0.25) is 15.1 Å². The number of alkyl halides is 2. The number of benzene rings is 2. The zero-order valence-corrected chi connectivity index (χ0v) is 15.8. The highest BCUT2D eigenvalue weighted by molar-refractivity contribution is 6.02. The summed E-state index contributed by atoms with van der Waals surface area (Å²) in [6.07, 6.45) is 0. The molecule has 6 heteroatoms. The Morgan fingerprint density at radius 3 is 2.37 bits per heavy atom. The van der Waals surface area contributed by atoms with Gasteiger partial charge in [-0.15, -0.1) is 0 Å². The Morgan fingerprint density at radius 2 is 1.81 bits per heavy atom. The Labute approximate surface area is 157 Å². The zero-order chi connectivity index (χ0) is 20.0. The second-order valence-corrected chi connectivity index (χ2v) is 7.39. The number of halogens is 2. The molecule has 1 aliphatic heterocycles. The van der Waals surface area contributed by atoms with Crippen LogP contribution in [-0.2, 0) is 16.3 Å². The van der Waals surface area contributed by atoms with Crippen molar-refractivity contribution in [3.8, 4) is 0 Å². The Hall–Kier alpha value is -2.76. The average Bonchev–Trinajstić information content (AvgIpc) is 2.59. The van der Waals surface area contributed by atoms with Crippen LogP contribution in [0.1, 0.15) is 42.0 Å². The number of guanidine groups is 1. The number of hydrogen-bond acceptors (Lipinski definition) is 2. The highest BCUT2D eigenvalue weighted by atomic mass is 19.3. The molecule has 1 fully saturated rings. The summed E-state index contributed by atoms with van der Waals surface area (Å²) in [6.45, 7) is 4.68. The van der Waals surface area contributed by atoms with E-state index in [0.717, 1.165) is 18.1 Å². The molecule has 27 heavy (non-hydrogen) atoms. The van der Waals surface area contributed by atoms with Crippen molar-refractivity contribution < 1.29 is 13.6 Å². The Morgan fingerprint density at radius 1 is 1.19 bits per heavy atom. The van der Waals surface area contributed by atoms with Crippen LogP contribution in [-0.4, -0.2) is 23.8 Å². The molecule has 0 aliphatic carbocycles. The number of carbonyl (C=O) groups excluding carboxylic acids is 1. The largest absolute Gasteiger partial charge is 0.346 e. The maximum absolute atomic E-state index is 13.6. The zero-order valence-electron chi connectivity index (χ0n) is 15.8. The van der Waals surface area contributed by atoms with Gasteiger partial charge in [0, 0.05) is 19.5 Å². The van der Waals surface area contributed by atoms with Gasteiger partial charge < -0.3 is 5.32 Å². The van der Waals surface area contributed by atoms with Gasteiger partial charge in [-0.25, -0.2) is 8.78 Å². The van der Waals surface area contributed by atoms with Gasteiger partial charge in [0.15, 0.2) is 5.96 Å². The van der Waals surface area contributed by atoms with Crippen molar-refractivity contribution in [2.24, 2.45) is 0 Å². The second kappa shape index (κ2) is 6.44. The van der Waals surface area contributed by atoms with Crippen LogP contribution in [0, 0.1) is 12.3 Å². The lowest BCUT2D eigenvalue weighted by Gasteiger charge is -2.46. The number of rotatable bonds is 3. The summed E-state index contributed by atoms with van der Waals surface area (Å²) in [5, 5.41) is 11.3. The molecular weight excluding hydrogens is 348 g/mol. The number of likely N-dealkylation sites (N-methyl/N-ethyl adjacent to an activating group) is 1. The van der Waals surface area contributed by atoms with Crippen molar-refractivity contribution in [3.05, 3.63) is 70.8 Å². The first-order chi connectivity index (χ1) is 12.5. The third-order valence-electron chi connectivity index (χ3n) is 5.24. The molecular formula is C21H23F2N3O. The van der Waals surface area contributed by atoms with Gasteiger partial charge in [-0.05, 0) is 25.0 Å². The number of hydrogen-bond donors (Lipinski definition) is 2. The number of amides is 1. The Bertz CT molecular complexity index is 889. The van der Waals surface area contributed by atoms with Gasteiger partial charge in [-0.2, -0.15) is 0 Å². The highest BCUT2D eigenvalue weighted by Crippen LogP contribution is 2.41. The van der Waals surface area contributed by atoms with E-state index in [2.05, 4.69) is 5.32 Å². The van der Waals surface area contributed by atoms with Crippen LogP contribution in [0.25, 0.3) is 0 Å². The summed E-state index contributed by atoms with van der Waals surface area (Å²) in [4.78, 5) is 14.3. The van der Waals surface area contributed by atoms with E-state index >= 15 is 0 Å². The predicted molar refractivity (Wildman–Crippen MR) is 101 cm³/mol. The molecule has 2 aromatic rings. The van der Waals surface area contributed by atoms with E-state index in [1.165, 1.54) is 24.1 Å². The number of carbonyl (C=O) groups is 1. The SMILES string of the molecule is Cc1cccc([C@@]2(C)NC(=N)N(C)C(=O)[C@H]2c2ccc(C(C)(F)F)cc2)c1.